The van der Waals surface area contributed by atoms with Gasteiger partial charge in [0.2, 0.25) is 5.79 Å². The molecule has 304 valence electrons. The van der Waals surface area contributed by atoms with Gasteiger partial charge in [-0.3, -0.25) is 14.4 Å². The number of Topliss-reactive ketones (excluding diaryl/α,β-unsaturated/α-hetero) is 1. The van der Waals surface area contributed by atoms with Crippen molar-refractivity contribution < 1.29 is 63.0 Å². The highest BCUT2D eigenvalue weighted by atomic mass is 16.7. The minimum atomic E-state index is -2.45. The van der Waals surface area contributed by atoms with Gasteiger partial charge in [0.15, 0.2) is 23.6 Å². The van der Waals surface area contributed by atoms with Crippen molar-refractivity contribution in [2.45, 2.75) is 136 Å². The molecule has 55 heavy (non-hydrogen) atoms. The molecule has 1 aliphatic carbocycles. The molecule has 4 aliphatic rings. The van der Waals surface area contributed by atoms with Crippen LogP contribution in [-0.2, 0) is 38.1 Å². The van der Waals surface area contributed by atoms with Gasteiger partial charge in [-0.15, -0.1) is 0 Å². The molecular formula is C40H56N2O13. The average molecular weight is 773 g/mol. The van der Waals surface area contributed by atoms with Crippen molar-refractivity contribution in [2.75, 3.05) is 13.2 Å². The van der Waals surface area contributed by atoms with E-state index in [-0.39, 0.29) is 43.0 Å². The highest BCUT2D eigenvalue weighted by molar-refractivity contribution is 5.95. The molecule has 2 unspecified atom stereocenters. The zero-order valence-electron chi connectivity index (χ0n) is 33.3. The second-order valence-electron chi connectivity index (χ2n) is 17.5. The first-order valence-electron chi connectivity index (χ1n) is 18.8. The number of esters is 2. The van der Waals surface area contributed by atoms with Gasteiger partial charge >= 0.3 is 18.0 Å². The van der Waals surface area contributed by atoms with Gasteiger partial charge in [-0.05, 0) is 64.7 Å². The third-order valence-corrected chi connectivity index (χ3v) is 11.6. The Bertz CT molecular complexity index is 1720. The van der Waals surface area contributed by atoms with Crippen LogP contribution >= 0.6 is 0 Å². The van der Waals surface area contributed by atoms with Crippen molar-refractivity contribution in [2.24, 2.45) is 22.7 Å². The monoisotopic (exact) mass is 772 g/mol. The lowest BCUT2D eigenvalue weighted by atomic mass is 9.49. The Morgan fingerprint density at radius 1 is 1.05 bits per heavy atom. The van der Waals surface area contributed by atoms with E-state index in [1.165, 1.54) is 26.0 Å². The molecule has 2 amide bonds. The van der Waals surface area contributed by atoms with Gasteiger partial charge in [-0.2, -0.15) is 0 Å². The van der Waals surface area contributed by atoms with Crippen LogP contribution in [-0.4, -0.2) is 112 Å². The number of ether oxygens (including phenoxy) is 5. The van der Waals surface area contributed by atoms with Gasteiger partial charge in [0.1, 0.15) is 17.8 Å². The molecule has 10 atom stereocenters. The fraction of sp³-hybridized carbons (Fsp3) is 0.675. The Kier molecular flexibility index (Phi) is 11.4. The summed E-state index contributed by atoms with van der Waals surface area (Å²) in [4.78, 5) is 67.6. The van der Waals surface area contributed by atoms with Crippen LogP contribution in [0.1, 0.15) is 92.4 Å². The van der Waals surface area contributed by atoms with Gasteiger partial charge < -0.3 is 49.6 Å². The van der Waals surface area contributed by atoms with Gasteiger partial charge in [-0.25, -0.2) is 9.59 Å². The highest BCUT2D eigenvalue weighted by Gasteiger charge is 2.80. The van der Waals surface area contributed by atoms with Crippen LogP contribution in [0.2, 0.25) is 0 Å². The highest BCUT2D eigenvalue weighted by Crippen LogP contribution is 2.65. The summed E-state index contributed by atoms with van der Waals surface area (Å²) in [5.41, 5.74) is -4.91. The third kappa shape index (κ3) is 7.41. The number of aliphatic hydroxyl groups excluding tert-OH is 2. The quantitative estimate of drug-likeness (QED) is 0.132. The standard InChI is InChI=1S/C40H56N2O13/c1-20(2)16-24(42-35(49)55-36(5,6)7)28(45)33(47)41-18-21(3)27-29-31(46)38(10)25(44)17-26-39(19-51-26,53-22(4)43)30(38)32(40(50,54-29)37(27,8)9)52-34(48)23-14-12-11-13-15-23/h11-15,20,24-26,28-30,32,44-45,50H,16-19H2,1-10H3,(H,41,47)(H,42,49)/b27-21-/t24-,25-,26+,28+,29+,30?,32?,38+,39-,40+/m0/s1. The summed E-state index contributed by atoms with van der Waals surface area (Å²) < 4.78 is 29.6. The summed E-state index contributed by atoms with van der Waals surface area (Å²) in [6.45, 7) is 16.0. The lowest BCUT2D eigenvalue weighted by Crippen LogP contribution is -2.79. The van der Waals surface area contributed by atoms with Crippen molar-refractivity contribution in [1.29, 1.82) is 0 Å². The molecule has 1 aromatic carbocycles. The van der Waals surface area contributed by atoms with Crippen LogP contribution in [0.5, 0.6) is 0 Å². The van der Waals surface area contributed by atoms with E-state index in [1.807, 2.05) is 13.8 Å². The number of benzene rings is 1. The van der Waals surface area contributed by atoms with Crippen LogP contribution in [0.4, 0.5) is 4.79 Å². The molecule has 15 heteroatoms. The van der Waals surface area contributed by atoms with Gasteiger partial charge in [0.25, 0.3) is 5.91 Å². The smallest absolute Gasteiger partial charge is 0.407 e. The number of aliphatic hydroxyl groups is 3. The summed E-state index contributed by atoms with van der Waals surface area (Å²) in [5.74, 6) is -6.80. The molecule has 5 N–H and O–H groups in total. The SMILES string of the molecule is CC(=O)O[C@@]12CO[C@@H]1C[C@H](O)[C@@]1(C)C(=O)[C@@H]3O[C@](O)(C(OC(=O)c4ccccc4)C12)C(C)(C)/C3=C(/C)CNC(=O)[C@H](O)[C@H](CC(C)C)NC(=O)OC(C)(C)C. The molecule has 1 aromatic rings. The second-order valence-corrected chi connectivity index (χ2v) is 17.5. The summed E-state index contributed by atoms with van der Waals surface area (Å²) >= 11 is 0. The molecule has 2 bridgehead atoms. The van der Waals surface area contributed by atoms with E-state index in [0.717, 1.165) is 0 Å². The zero-order chi connectivity index (χ0) is 41.1. The largest absolute Gasteiger partial charge is 0.453 e. The number of amides is 2. The third-order valence-electron chi connectivity index (χ3n) is 11.6. The summed E-state index contributed by atoms with van der Waals surface area (Å²) in [6, 6.07) is 7.02. The van der Waals surface area contributed by atoms with Crippen LogP contribution < -0.4 is 10.6 Å². The van der Waals surface area contributed by atoms with Crippen LogP contribution in [0.25, 0.3) is 0 Å². The first-order valence-corrected chi connectivity index (χ1v) is 18.8. The predicted octanol–water partition coefficient (Wildman–Crippen LogP) is 2.73. The first kappa shape index (κ1) is 42.3. The Labute approximate surface area is 321 Å². The average Bonchev–Trinajstić information content (AvgIpc) is 3.26. The van der Waals surface area contributed by atoms with Crippen LogP contribution in [0, 0.1) is 22.7 Å². The maximum atomic E-state index is 15.0. The molecule has 5 rings (SSSR count). The fourth-order valence-corrected chi connectivity index (χ4v) is 8.92. The Hall–Kier alpha value is -3.89. The molecule has 0 spiro atoms. The van der Waals surface area contributed by atoms with E-state index in [4.69, 9.17) is 23.7 Å². The van der Waals surface area contributed by atoms with Crippen molar-refractivity contribution in [3.8, 4) is 0 Å². The first-order chi connectivity index (χ1) is 25.4. The molecule has 3 saturated heterocycles. The maximum Gasteiger partial charge on any atom is 0.407 e. The van der Waals surface area contributed by atoms with Gasteiger partial charge in [0, 0.05) is 25.3 Å². The van der Waals surface area contributed by atoms with Crippen molar-refractivity contribution in [3.05, 3.63) is 47.0 Å². The minimum absolute atomic E-state index is 0.0105. The molecule has 1 saturated carbocycles. The number of fused-ring (bicyclic) bond motifs is 5. The molecule has 15 nitrogen and oxygen atoms in total. The topological polar surface area (TPSA) is 216 Å². The van der Waals surface area contributed by atoms with E-state index >= 15 is 4.79 Å². The normalized spacial score (nSPS) is 34.1. The number of alkyl carbamates (subject to hydrolysis) is 1. The van der Waals surface area contributed by atoms with E-state index in [2.05, 4.69) is 10.6 Å². The molecule has 4 fully saturated rings. The lowest BCUT2D eigenvalue weighted by molar-refractivity contribution is -0.356. The molecule has 0 aromatic heterocycles. The number of nitrogens with one attached hydrogen (secondary N) is 2. The Morgan fingerprint density at radius 3 is 2.24 bits per heavy atom. The van der Waals surface area contributed by atoms with Crippen molar-refractivity contribution in [1.82, 2.24) is 10.6 Å². The van der Waals surface area contributed by atoms with Crippen molar-refractivity contribution in [3.63, 3.8) is 0 Å². The molecule has 3 aliphatic heterocycles. The number of hydrogen-bond donors (Lipinski definition) is 5. The molecular weight excluding hydrogens is 716 g/mol. The van der Waals surface area contributed by atoms with E-state index in [0.29, 0.717) is 5.57 Å². The summed E-state index contributed by atoms with van der Waals surface area (Å²) in [7, 11) is 0. The number of rotatable bonds is 10. The maximum absolute atomic E-state index is 15.0. The second kappa shape index (κ2) is 14.9. The van der Waals surface area contributed by atoms with E-state index in [9.17, 15) is 34.5 Å². The Balaban J connectivity index is 1.54. The number of hydrogen-bond acceptors (Lipinski definition) is 13. The number of carbonyl (C=O) groups excluding carboxylic acids is 5. The molecule has 0 radical (unpaired) electrons. The van der Waals surface area contributed by atoms with E-state index in [1.54, 1.807) is 59.7 Å². The lowest BCUT2D eigenvalue weighted by Gasteiger charge is -2.63. The zero-order valence-corrected chi connectivity index (χ0v) is 33.3. The number of carbonyl (C=O) groups is 5. The minimum Gasteiger partial charge on any atom is -0.453 e. The van der Waals surface area contributed by atoms with Crippen LogP contribution in [0.15, 0.2) is 41.5 Å². The fourth-order valence-electron chi connectivity index (χ4n) is 8.92. The van der Waals surface area contributed by atoms with Gasteiger partial charge in [-0.1, -0.05) is 51.5 Å². The van der Waals surface area contributed by atoms with Gasteiger partial charge in [0.05, 0.1) is 35.6 Å². The predicted molar refractivity (Wildman–Crippen MR) is 195 cm³/mol. The Morgan fingerprint density at radius 2 is 1.69 bits per heavy atom. The van der Waals surface area contributed by atoms with Crippen molar-refractivity contribution >= 4 is 29.7 Å². The number of ketones is 1. The summed E-state index contributed by atoms with van der Waals surface area (Å²) in [5, 5.41) is 41.1. The summed E-state index contributed by atoms with van der Waals surface area (Å²) in [6.07, 6.45) is -7.79. The molecule has 3 heterocycles. The van der Waals surface area contributed by atoms with Crippen LogP contribution in [0.3, 0.4) is 0 Å². The van der Waals surface area contributed by atoms with E-state index < -0.39 is 100 Å².